The van der Waals surface area contributed by atoms with Crippen LogP contribution in [0.3, 0.4) is 0 Å². The molecule has 0 bridgehead atoms. The highest BCUT2D eigenvalue weighted by Gasteiger charge is 2.74. The first kappa shape index (κ1) is 59.4. The maximum absolute atomic E-state index is 13.7. The van der Waals surface area contributed by atoms with Crippen LogP contribution in [-0.2, 0) is 47.5 Å². The van der Waals surface area contributed by atoms with Crippen molar-refractivity contribution >= 4 is 17.9 Å². The van der Waals surface area contributed by atoms with Crippen LogP contribution in [0.2, 0.25) is 0 Å². The zero-order valence-corrected chi connectivity index (χ0v) is 45.6. The Morgan fingerprint density at radius 3 is 2.00 bits per heavy atom. The minimum atomic E-state index is -2.10. The zero-order chi connectivity index (χ0) is 57.0. The van der Waals surface area contributed by atoms with Crippen molar-refractivity contribution in [3.8, 4) is 0 Å². The van der Waals surface area contributed by atoms with Gasteiger partial charge >= 0.3 is 17.9 Å². The van der Waals surface area contributed by atoms with E-state index in [2.05, 4.69) is 40.7 Å². The Morgan fingerprint density at radius 2 is 1.36 bits per heavy atom. The number of aliphatic carboxylic acids is 1. The molecular formula is C56H82O22. The number of aliphatic hydroxyl groups excluding tert-OH is 10. The molecule has 3 saturated heterocycles. The minimum absolute atomic E-state index is 0.0281. The van der Waals surface area contributed by atoms with Crippen molar-refractivity contribution in [1.82, 2.24) is 0 Å². The van der Waals surface area contributed by atoms with E-state index in [4.69, 9.17) is 37.9 Å². The van der Waals surface area contributed by atoms with Crippen LogP contribution < -0.4 is 0 Å². The molecule has 8 aliphatic rings. The third kappa shape index (κ3) is 9.48. The normalized spacial score (nSPS) is 48.6. The molecular weight excluding hydrogens is 1020 g/mol. The quantitative estimate of drug-likeness (QED) is 0.0779. The van der Waals surface area contributed by atoms with Crippen LogP contribution >= 0.6 is 0 Å². The molecule has 0 unspecified atom stereocenters. The van der Waals surface area contributed by atoms with Crippen molar-refractivity contribution in [2.75, 3.05) is 19.8 Å². The predicted octanol–water partition coefficient (Wildman–Crippen LogP) is 0.693. The molecule has 9 rings (SSSR count). The summed E-state index contributed by atoms with van der Waals surface area (Å²) < 4.78 is 48.9. The molecule has 438 valence electrons. The standard InChI is InChI=1S/C56H82O22/c1-25(59)72-45-44(78-47(70)26-12-10-9-11-13-26)51(2,3)20-28-27-14-15-32-53(6)18-17-34(52(4,5)31(53)16-19-54(32,7)55(27,8)21-33(61)56(28,45)24-58)74-50-43(77-49-39(66)37(64)36(63)30(22-57)73-49)41(40(67)42(76-50)46(68)69)75-48-38(65)35(62)29(60)23-71-48/h9-14,28-45,48-50,57-58,60-67H,15-24H2,1-8H3,(H,68,69)/t28-,29+,30+,31-,32+,33+,34-,35-,36-,37-,38+,39+,40-,41-,42-,43+,44-,45-,48-,49-,50+,53-,54+,55+,56-/m0/s1. The monoisotopic (exact) mass is 1110 g/mol. The smallest absolute Gasteiger partial charge is 0.338 e. The molecule has 3 aliphatic heterocycles. The van der Waals surface area contributed by atoms with E-state index in [1.807, 2.05) is 13.8 Å². The van der Waals surface area contributed by atoms with E-state index in [0.29, 0.717) is 44.1 Å². The van der Waals surface area contributed by atoms with Gasteiger partial charge in [-0.15, -0.1) is 0 Å². The number of ether oxygens (including phenoxy) is 8. The molecule has 1 aromatic carbocycles. The van der Waals surface area contributed by atoms with E-state index in [0.717, 1.165) is 5.57 Å². The van der Waals surface area contributed by atoms with Gasteiger partial charge in [-0.3, -0.25) is 4.79 Å². The largest absolute Gasteiger partial charge is 0.479 e. The van der Waals surface area contributed by atoms with Gasteiger partial charge < -0.3 is 94.1 Å². The van der Waals surface area contributed by atoms with Gasteiger partial charge in [0, 0.05) is 12.3 Å². The predicted molar refractivity (Wildman–Crippen MR) is 268 cm³/mol. The van der Waals surface area contributed by atoms with E-state index in [1.54, 1.807) is 30.3 Å². The van der Waals surface area contributed by atoms with Gasteiger partial charge in [-0.05, 0) is 96.5 Å². The highest BCUT2D eigenvalue weighted by Crippen LogP contribution is 2.76. The van der Waals surface area contributed by atoms with Gasteiger partial charge in [0.05, 0.1) is 43.0 Å². The van der Waals surface area contributed by atoms with Crippen molar-refractivity contribution in [3.63, 3.8) is 0 Å². The second-order valence-corrected chi connectivity index (χ2v) is 25.6. The molecule has 11 N–H and O–H groups in total. The molecule has 7 fully saturated rings. The molecule has 22 heteroatoms. The summed E-state index contributed by atoms with van der Waals surface area (Å²) in [5, 5.41) is 121. The number of esters is 2. The van der Waals surface area contributed by atoms with Crippen LogP contribution in [0, 0.1) is 50.2 Å². The van der Waals surface area contributed by atoms with Crippen LogP contribution in [0.5, 0.6) is 0 Å². The van der Waals surface area contributed by atoms with E-state index < -0.39 is 181 Å². The van der Waals surface area contributed by atoms with Crippen molar-refractivity contribution < 1.29 is 108 Å². The number of fused-ring (bicyclic) bond motifs is 7. The third-order valence-electron chi connectivity index (χ3n) is 20.8. The number of benzene rings is 1. The summed E-state index contributed by atoms with van der Waals surface area (Å²) in [5.41, 5.74) is -3.02. The molecule has 0 spiro atoms. The fourth-order valence-electron chi connectivity index (χ4n) is 16.4. The number of rotatable bonds is 12. The second-order valence-electron chi connectivity index (χ2n) is 25.6. The number of allylic oxidation sites excluding steroid dienone is 2. The third-order valence-corrected chi connectivity index (χ3v) is 20.8. The molecule has 3 heterocycles. The summed E-state index contributed by atoms with van der Waals surface area (Å²) in [6.07, 6.45) is -23.8. The second kappa shape index (κ2) is 21.5. The van der Waals surface area contributed by atoms with Gasteiger partial charge in [-0.1, -0.05) is 78.3 Å². The summed E-state index contributed by atoms with van der Waals surface area (Å²) >= 11 is 0. The molecule has 25 atom stereocenters. The molecule has 4 saturated carbocycles. The number of hydrogen-bond donors (Lipinski definition) is 11. The SMILES string of the molecule is CC(=O)O[C@H]1[C@H](OC(=O)c2ccccc2)C(C)(C)C[C@H]2C3=CC[C@@H]4[C@@]5(C)CC[C@H](O[C@@H]6O[C@H](C(=O)O)[C@@H](O)[C@H](O[C@@H]7OC[C@@H](O)[C@H](O)[C@H]7O)[C@H]6O[C@@H]6O[C@H](CO)[C@H](O)[C@H](O)[C@H]6O)C(C)(C)[C@@H]5CC[C@@]4(C)[C@]3(C)C[C@@H](O)[C@]21CO. The molecule has 5 aliphatic carbocycles. The number of carbonyl (C=O) groups excluding carboxylic acids is 2. The number of aliphatic hydroxyl groups is 10. The fourth-order valence-corrected chi connectivity index (χ4v) is 16.4. The highest BCUT2D eigenvalue weighted by molar-refractivity contribution is 5.89. The lowest BCUT2D eigenvalue weighted by molar-refractivity contribution is -0.392. The molecule has 0 aromatic heterocycles. The Morgan fingerprint density at radius 1 is 0.692 bits per heavy atom. The van der Waals surface area contributed by atoms with Crippen LogP contribution in [0.25, 0.3) is 0 Å². The first-order chi connectivity index (χ1) is 36.5. The lowest BCUT2D eigenvalue weighted by Gasteiger charge is -2.72. The molecule has 1 aromatic rings. The first-order valence-electron chi connectivity index (χ1n) is 27.5. The van der Waals surface area contributed by atoms with Crippen molar-refractivity contribution in [2.45, 2.75) is 211 Å². The Bertz CT molecular complexity index is 2380. The number of carboxylic acids is 1. The summed E-state index contributed by atoms with van der Waals surface area (Å²) in [5.74, 6) is -3.40. The topological polar surface area (TPSA) is 348 Å². The lowest BCUT2D eigenvalue weighted by atomic mass is 9.33. The molecule has 0 amide bonds. The van der Waals surface area contributed by atoms with Gasteiger partial charge in [0.15, 0.2) is 25.0 Å². The van der Waals surface area contributed by atoms with Crippen LogP contribution in [0.1, 0.15) is 111 Å². The van der Waals surface area contributed by atoms with Crippen LogP contribution in [0.15, 0.2) is 42.0 Å². The van der Waals surface area contributed by atoms with Gasteiger partial charge in [-0.25, -0.2) is 9.59 Å². The van der Waals surface area contributed by atoms with Gasteiger partial charge in [0.25, 0.3) is 0 Å². The summed E-state index contributed by atoms with van der Waals surface area (Å²) in [4.78, 5) is 39.7. The summed E-state index contributed by atoms with van der Waals surface area (Å²) in [7, 11) is 0. The van der Waals surface area contributed by atoms with E-state index >= 15 is 0 Å². The maximum atomic E-state index is 13.7. The molecule has 78 heavy (non-hydrogen) atoms. The average Bonchev–Trinajstić information content (AvgIpc) is 3.52. The van der Waals surface area contributed by atoms with Gasteiger partial charge in [0.1, 0.15) is 73.2 Å². The van der Waals surface area contributed by atoms with Crippen molar-refractivity contribution in [2.24, 2.45) is 50.2 Å². The molecule has 22 nitrogen and oxygen atoms in total. The fraction of sp³-hybridized carbons (Fsp3) is 0.804. The Hall–Kier alpha value is -3.27. The number of hydrogen-bond acceptors (Lipinski definition) is 21. The van der Waals surface area contributed by atoms with Gasteiger partial charge in [-0.2, -0.15) is 0 Å². The van der Waals surface area contributed by atoms with Crippen molar-refractivity contribution in [1.29, 1.82) is 0 Å². The zero-order valence-electron chi connectivity index (χ0n) is 45.6. The first-order valence-corrected chi connectivity index (χ1v) is 27.5. The Labute approximate surface area is 453 Å². The lowest BCUT2D eigenvalue weighted by Crippen LogP contribution is -2.72. The Balaban J connectivity index is 1.02. The van der Waals surface area contributed by atoms with E-state index in [9.17, 15) is 70.6 Å². The van der Waals surface area contributed by atoms with Crippen LogP contribution in [-0.4, -0.2) is 204 Å². The average molecular weight is 1110 g/mol. The number of carboxylic acid groups (broad SMARTS) is 1. The highest BCUT2D eigenvalue weighted by atomic mass is 16.8. The summed E-state index contributed by atoms with van der Waals surface area (Å²) in [6.45, 7) is 14.2. The minimum Gasteiger partial charge on any atom is -0.479 e. The Kier molecular flexibility index (Phi) is 16.3. The molecule has 0 radical (unpaired) electrons. The maximum Gasteiger partial charge on any atom is 0.338 e. The van der Waals surface area contributed by atoms with E-state index in [1.165, 1.54) is 6.92 Å². The van der Waals surface area contributed by atoms with E-state index in [-0.39, 0.29) is 23.7 Å². The van der Waals surface area contributed by atoms with Crippen molar-refractivity contribution in [3.05, 3.63) is 47.5 Å². The van der Waals surface area contributed by atoms with Crippen LogP contribution in [0.4, 0.5) is 0 Å². The number of carbonyl (C=O) groups is 3. The summed E-state index contributed by atoms with van der Waals surface area (Å²) in [6, 6.07) is 8.49. The van der Waals surface area contributed by atoms with Gasteiger partial charge in [0.2, 0.25) is 0 Å².